The molecule has 1 unspecified atom stereocenters. The van der Waals surface area contributed by atoms with Crippen molar-refractivity contribution in [3.8, 4) is 0 Å². The second-order valence-corrected chi connectivity index (χ2v) is 15.7. The second-order valence-electron chi connectivity index (χ2n) is 15.7. The van der Waals surface area contributed by atoms with Gasteiger partial charge in [-0.25, -0.2) is 4.79 Å². The summed E-state index contributed by atoms with van der Waals surface area (Å²) in [6.07, 6.45) is -16.6. The molecule has 2 fully saturated rings. The van der Waals surface area contributed by atoms with Crippen LogP contribution in [0.1, 0.15) is 82.1 Å². The number of ether oxygens (including phenoxy) is 13. The largest absolute Gasteiger partial charge is 0.465 e. The van der Waals surface area contributed by atoms with Gasteiger partial charge in [-0.2, -0.15) is 0 Å². The van der Waals surface area contributed by atoms with Crippen LogP contribution >= 0.6 is 0 Å². The van der Waals surface area contributed by atoms with Gasteiger partial charge in [0.1, 0.15) is 37.6 Å². The summed E-state index contributed by atoms with van der Waals surface area (Å²) in [4.78, 5) is 166. The Kier molecular flexibility index (Phi) is 22.7. The van der Waals surface area contributed by atoms with Crippen molar-refractivity contribution in [3.63, 3.8) is 0 Å². The summed E-state index contributed by atoms with van der Waals surface area (Å²) in [5.74, 6) is -19.6. The third kappa shape index (κ3) is 18.0. The van der Waals surface area contributed by atoms with Crippen LogP contribution in [0.5, 0.6) is 0 Å². The number of rotatable bonds is 22. The van der Waals surface area contributed by atoms with E-state index in [1.807, 2.05) is 0 Å². The van der Waals surface area contributed by atoms with Gasteiger partial charge in [0.15, 0.2) is 24.4 Å². The minimum absolute atomic E-state index is 0.744. The smallest absolute Gasteiger partial charge is 0.366 e. The molecular weight excluding hydrogens is 962 g/mol. The van der Waals surface area contributed by atoms with Crippen LogP contribution in [0.25, 0.3) is 0 Å². The molecule has 0 aliphatic carbocycles. The van der Waals surface area contributed by atoms with Gasteiger partial charge in [-0.1, -0.05) is 0 Å². The maximum atomic E-state index is 14.5. The van der Waals surface area contributed by atoms with Gasteiger partial charge in [-0.15, -0.1) is 0 Å². The van der Waals surface area contributed by atoms with E-state index in [0.29, 0.717) is 0 Å². The minimum Gasteiger partial charge on any atom is -0.465 e. The Bertz CT molecular complexity index is 2040. The van der Waals surface area contributed by atoms with Crippen LogP contribution in [-0.2, 0) is 124 Å². The van der Waals surface area contributed by atoms with Crippen LogP contribution in [0.3, 0.4) is 0 Å². The Labute approximate surface area is 405 Å². The zero-order valence-corrected chi connectivity index (χ0v) is 40.9. The van der Waals surface area contributed by atoms with E-state index in [1.165, 1.54) is 0 Å². The quantitative estimate of drug-likeness (QED) is 0.0726. The number of esters is 10. The third-order valence-electron chi connectivity index (χ3n) is 9.85. The molecule has 3 amide bonds. The normalized spacial score (nSPS) is 25.2. The summed E-state index contributed by atoms with van der Waals surface area (Å²) in [6, 6.07) is -3.41. The van der Waals surface area contributed by atoms with E-state index in [4.69, 9.17) is 61.6 Å². The van der Waals surface area contributed by atoms with Crippen molar-refractivity contribution in [1.29, 1.82) is 0 Å². The molecule has 71 heavy (non-hydrogen) atoms. The number of nitrogens with one attached hydrogen (secondary N) is 3. The van der Waals surface area contributed by atoms with Crippen LogP contribution in [-0.4, -0.2) is 184 Å². The van der Waals surface area contributed by atoms with Gasteiger partial charge in [0, 0.05) is 76.3 Å². The van der Waals surface area contributed by atoms with Crippen molar-refractivity contribution in [3.05, 3.63) is 0 Å². The molecule has 398 valence electrons. The summed E-state index contributed by atoms with van der Waals surface area (Å²) in [7, 11) is 1.93. The minimum atomic E-state index is -3.00. The lowest BCUT2D eigenvalue weighted by atomic mass is 9.87. The molecular formula is C42H59N3O26. The van der Waals surface area contributed by atoms with E-state index >= 15 is 0 Å². The van der Waals surface area contributed by atoms with Crippen LogP contribution in [0.15, 0.2) is 0 Å². The standard InChI is InChI=1S/C42H59N3O26/c1-18(46)44-33-28(63-21(4)49)13-41(69-27(10)55,70-37(33)35(67-25(8)53)30(65-23(6)51)16-61-19(2)47)39(57)43-15-32(56)45-34-29(64-22(5)50)14-42(60-12,40(58)59-11)71-38(34)36(68-26(9)54)31(66-24(7)52)17-62-20(3)48/h28-31,33-38H,13-17H2,1-12H3,(H,43,57)(H,44,46)(H,45,56)/t28-,29-,30+,31+,33+,34?,35+,36+,37+,38+,41-,42-/m0/s1. The van der Waals surface area contributed by atoms with Crippen LogP contribution in [0, 0.1) is 0 Å². The molecule has 2 aliphatic heterocycles. The first-order chi connectivity index (χ1) is 33.0. The van der Waals surface area contributed by atoms with Crippen LogP contribution < -0.4 is 16.0 Å². The second kappa shape index (κ2) is 26.8. The van der Waals surface area contributed by atoms with Gasteiger partial charge in [0.25, 0.3) is 17.5 Å². The number of hydrogen-bond acceptors (Lipinski definition) is 26. The van der Waals surface area contributed by atoms with Crippen molar-refractivity contribution in [2.45, 2.75) is 155 Å². The highest BCUT2D eigenvalue weighted by Crippen LogP contribution is 2.38. The molecule has 29 nitrogen and oxygen atoms in total. The third-order valence-corrected chi connectivity index (χ3v) is 9.85. The number of hydrogen-bond donors (Lipinski definition) is 3. The Morgan fingerprint density at radius 1 is 0.521 bits per heavy atom. The topological polar surface area (TPSA) is 378 Å². The number of carbonyl (C=O) groups is 13. The molecule has 0 spiro atoms. The van der Waals surface area contributed by atoms with E-state index in [1.54, 1.807) is 0 Å². The zero-order chi connectivity index (χ0) is 54.1. The molecule has 0 bridgehead atoms. The van der Waals surface area contributed by atoms with Gasteiger partial charge in [-0.05, 0) is 0 Å². The van der Waals surface area contributed by atoms with Gasteiger partial charge >= 0.3 is 59.7 Å². The van der Waals surface area contributed by atoms with E-state index in [9.17, 15) is 62.3 Å². The van der Waals surface area contributed by atoms with Crippen molar-refractivity contribution in [2.24, 2.45) is 0 Å². The fourth-order valence-corrected chi connectivity index (χ4v) is 7.51. The Hall–Kier alpha value is -7.01. The highest BCUT2D eigenvalue weighted by atomic mass is 16.8. The highest BCUT2D eigenvalue weighted by molar-refractivity contribution is 5.90. The monoisotopic (exact) mass is 1020 g/mol. The Morgan fingerprint density at radius 3 is 1.28 bits per heavy atom. The Morgan fingerprint density at radius 2 is 0.930 bits per heavy atom. The van der Waals surface area contributed by atoms with Crippen molar-refractivity contribution in [2.75, 3.05) is 34.0 Å². The lowest BCUT2D eigenvalue weighted by molar-refractivity contribution is -0.307. The van der Waals surface area contributed by atoms with E-state index < -0.39 is 183 Å². The molecule has 0 saturated carbocycles. The number of methoxy groups -OCH3 is 2. The molecule has 0 aromatic carbocycles. The summed E-state index contributed by atoms with van der Waals surface area (Å²) in [5, 5.41) is 7.07. The summed E-state index contributed by atoms with van der Waals surface area (Å²) in [5.41, 5.74) is 0. The van der Waals surface area contributed by atoms with Gasteiger partial charge in [0.05, 0.1) is 38.6 Å². The molecule has 3 N–H and O–H groups in total. The highest BCUT2D eigenvalue weighted by Gasteiger charge is 2.61. The van der Waals surface area contributed by atoms with E-state index in [0.717, 1.165) is 83.5 Å². The van der Waals surface area contributed by atoms with E-state index in [2.05, 4.69) is 16.0 Å². The number of amides is 3. The van der Waals surface area contributed by atoms with Crippen LogP contribution in [0.2, 0.25) is 0 Å². The Balaban J connectivity index is 2.85. The van der Waals surface area contributed by atoms with Crippen molar-refractivity contribution >= 4 is 77.4 Å². The van der Waals surface area contributed by atoms with Crippen LogP contribution in [0.4, 0.5) is 0 Å². The molecule has 0 aromatic rings. The lowest BCUT2D eigenvalue weighted by Crippen LogP contribution is -2.71. The SMILES string of the molecule is COC(=O)[C@]1(OC)C[C@H](OC(C)=O)C(NC(=O)CNC(=O)[C@]2(OC(C)=O)C[C@H](OC(C)=O)[C@@H](NC(C)=O)[C@H]([C@H](OC(C)=O)[C@@H](COC(C)=O)OC(C)=O)O2)[C@H]([C@H](OC(C)=O)[C@@H](COC(C)=O)OC(C)=O)O1. The molecule has 12 atom stereocenters. The first kappa shape index (κ1) is 60.1. The average molecular weight is 1020 g/mol. The number of carbonyl (C=O) groups excluding carboxylic acids is 13. The predicted molar refractivity (Wildman–Crippen MR) is 224 cm³/mol. The maximum absolute atomic E-state index is 14.5. The molecule has 0 radical (unpaired) electrons. The van der Waals surface area contributed by atoms with Crippen molar-refractivity contribution < 1.29 is 124 Å². The molecule has 29 heteroatoms. The maximum Gasteiger partial charge on any atom is 0.366 e. The zero-order valence-electron chi connectivity index (χ0n) is 40.9. The molecule has 0 aromatic heterocycles. The lowest BCUT2D eigenvalue weighted by Gasteiger charge is -2.48. The fourth-order valence-electron chi connectivity index (χ4n) is 7.51. The molecule has 2 rings (SSSR count). The summed E-state index contributed by atoms with van der Waals surface area (Å²) >= 11 is 0. The van der Waals surface area contributed by atoms with Gasteiger partial charge < -0.3 is 77.5 Å². The van der Waals surface area contributed by atoms with Crippen molar-refractivity contribution in [1.82, 2.24) is 16.0 Å². The first-order valence-corrected chi connectivity index (χ1v) is 21.3. The molecule has 2 heterocycles. The molecule has 2 aliphatic rings. The van der Waals surface area contributed by atoms with Gasteiger partial charge in [0.2, 0.25) is 11.8 Å². The first-order valence-electron chi connectivity index (χ1n) is 21.3. The van der Waals surface area contributed by atoms with E-state index in [-0.39, 0.29) is 0 Å². The van der Waals surface area contributed by atoms with Gasteiger partial charge in [-0.3, -0.25) is 57.5 Å². The predicted octanol–water partition coefficient (Wildman–Crippen LogP) is -2.84. The average Bonchev–Trinajstić information content (AvgIpc) is 3.24. The summed E-state index contributed by atoms with van der Waals surface area (Å²) < 4.78 is 70.7. The summed E-state index contributed by atoms with van der Waals surface area (Å²) in [6.45, 7) is 6.59. The fraction of sp³-hybridized carbons (Fsp3) is 0.690. The molecule has 2 saturated heterocycles.